The maximum atomic E-state index is 12.1. The van der Waals surface area contributed by atoms with Crippen molar-refractivity contribution >= 4 is 36.0 Å². The van der Waals surface area contributed by atoms with Crippen LogP contribution in [0.3, 0.4) is 0 Å². The number of hydrogen-bond acceptors (Lipinski definition) is 6. The lowest BCUT2D eigenvalue weighted by molar-refractivity contribution is 0.0147. The number of halogens is 1. The van der Waals surface area contributed by atoms with Gasteiger partial charge in [0.25, 0.3) is 0 Å². The number of hydrogen-bond donors (Lipinski definition) is 2. The van der Waals surface area contributed by atoms with E-state index in [9.17, 15) is 4.79 Å². The summed E-state index contributed by atoms with van der Waals surface area (Å²) in [4.78, 5) is 20.5. The number of carbonyl (C=O) groups is 1. The molecule has 2 rings (SSSR count). The van der Waals surface area contributed by atoms with Crippen molar-refractivity contribution in [2.75, 3.05) is 79.3 Å². The summed E-state index contributed by atoms with van der Waals surface area (Å²) in [5.41, 5.74) is -0.446. The number of amides is 1. The van der Waals surface area contributed by atoms with E-state index in [2.05, 4.69) is 20.5 Å². The van der Waals surface area contributed by atoms with E-state index in [0.29, 0.717) is 19.0 Å². The quantitative estimate of drug-likeness (QED) is 0.194. The number of guanidine groups is 1. The molecule has 1 amide bonds. The average Bonchev–Trinajstić information content (AvgIpc) is 3.22. The van der Waals surface area contributed by atoms with Crippen molar-refractivity contribution in [3.05, 3.63) is 0 Å². The minimum Gasteiger partial charge on any atom is -0.444 e. The molecule has 31 heavy (non-hydrogen) atoms. The van der Waals surface area contributed by atoms with Crippen LogP contribution in [-0.2, 0) is 14.2 Å². The Labute approximate surface area is 204 Å². The molecule has 2 aliphatic heterocycles. The van der Waals surface area contributed by atoms with Crippen molar-refractivity contribution in [1.82, 2.24) is 20.4 Å². The summed E-state index contributed by atoms with van der Waals surface area (Å²) in [6.45, 7) is 14.6. The number of rotatable bonds is 9. The number of aliphatic imine (C=N–C) groups is 1. The molecule has 2 aliphatic rings. The molecule has 10 heteroatoms. The van der Waals surface area contributed by atoms with Gasteiger partial charge in [0.1, 0.15) is 5.60 Å². The van der Waals surface area contributed by atoms with E-state index in [1.165, 1.54) is 0 Å². The van der Waals surface area contributed by atoms with Gasteiger partial charge in [-0.25, -0.2) is 4.79 Å². The van der Waals surface area contributed by atoms with Crippen LogP contribution >= 0.6 is 24.0 Å². The van der Waals surface area contributed by atoms with Crippen LogP contribution in [0.15, 0.2) is 4.99 Å². The molecule has 0 bridgehead atoms. The first kappa shape index (κ1) is 28.2. The van der Waals surface area contributed by atoms with Crippen molar-refractivity contribution in [2.45, 2.75) is 39.2 Å². The number of carbonyl (C=O) groups excluding carboxylic acids is 1. The maximum absolute atomic E-state index is 12.1. The molecule has 1 unspecified atom stereocenters. The third-order valence-corrected chi connectivity index (χ3v) is 5.10. The minimum absolute atomic E-state index is 0. The third kappa shape index (κ3) is 12.1. The predicted molar refractivity (Wildman–Crippen MR) is 133 cm³/mol. The van der Waals surface area contributed by atoms with Gasteiger partial charge in [-0.15, -0.1) is 24.0 Å². The Bertz CT molecular complexity index is 530. The Morgan fingerprint density at radius 3 is 2.48 bits per heavy atom. The van der Waals surface area contributed by atoms with Crippen LogP contribution in [0, 0.1) is 5.92 Å². The lowest BCUT2D eigenvalue weighted by Crippen LogP contribution is -2.51. The summed E-state index contributed by atoms with van der Waals surface area (Å²) in [5.74, 6) is 1.38. The summed E-state index contributed by atoms with van der Waals surface area (Å²) >= 11 is 0. The van der Waals surface area contributed by atoms with E-state index >= 15 is 0 Å². The van der Waals surface area contributed by atoms with E-state index in [1.54, 1.807) is 11.9 Å². The van der Waals surface area contributed by atoms with E-state index in [0.717, 1.165) is 78.0 Å². The number of ether oxygens (including phenoxy) is 3. The largest absolute Gasteiger partial charge is 0.444 e. The zero-order chi connectivity index (χ0) is 21.8. The molecule has 0 aromatic heterocycles. The van der Waals surface area contributed by atoms with Gasteiger partial charge in [0.05, 0.1) is 13.2 Å². The molecule has 0 radical (unpaired) electrons. The summed E-state index contributed by atoms with van der Waals surface area (Å²) in [5, 5.41) is 6.68. The molecule has 182 valence electrons. The second kappa shape index (κ2) is 15.1. The van der Waals surface area contributed by atoms with Gasteiger partial charge < -0.3 is 29.7 Å². The molecule has 0 aliphatic carbocycles. The summed E-state index contributed by atoms with van der Waals surface area (Å²) in [6, 6.07) is 0. The van der Waals surface area contributed by atoms with Crippen molar-refractivity contribution in [3.63, 3.8) is 0 Å². The van der Waals surface area contributed by atoms with Crippen LogP contribution in [0.2, 0.25) is 0 Å². The van der Waals surface area contributed by atoms with E-state index in [-0.39, 0.29) is 30.1 Å². The van der Waals surface area contributed by atoms with Gasteiger partial charge in [0.15, 0.2) is 5.96 Å². The highest BCUT2D eigenvalue weighted by atomic mass is 127. The molecule has 2 heterocycles. The van der Waals surface area contributed by atoms with Crippen LogP contribution in [0.5, 0.6) is 0 Å². The first-order chi connectivity index (χ1) is 14.4. The molecular weight excluding hydrogens is 513 g/mol. The number of nitrogens with one attached hydrogen (secondary N) is 2. The molecule has 2 N–H and O–H groups in total. The smallest absolute Gasteiger partial charge is 0.410 e. The van der Waals surface area contributed by atoms with Crippen LogP contribution in [0.25, 0.3) is 0 Å². The van der Waals surface area contributed by atoms with Crippen molar-refractivity contribution in [2.24, 2.45) is 10.9 Å². The second-order valence-electron chi connectivity index (χ2n) is 8.89. The van der Waals surface area contributed by atoms with Crippen molar-refractivity contribution < 1.29 is 19.0 Å². The first-order valence-corrected chi connectivity index (χ1v) is 11.2. The highest BCUT2D eigenvalue weighted by Crippen LogP contribution is 2.12. The standard InChI is InChI=1S/C21H41N5O4.HI/c1-21(2,3)30-20(27)26-12-10-25(11-13-26)9-8-24-19(22-4)23-7-5-14-28-16-18-6-15-29-17-18;/h18H,5-17H2,1-4H3,(H2,22,23,24);1H. The number of piperazine rings is 1. The molecule has 2 saturated heterocycles. The highest BCUT2D eigenvalue weighted by Gasteiger charge is 2.25. The molecule has 0 aromatic carbocycles. The lowest BCUT2D eigenvalue weighted by Gasteiger charge is -2.35. The van der Waals surface area contributed by atoms with Crippen molar-refractivity contribution in [1.29, 1.82) is 0 Å². The van der Waals surface area contributed by atoms with E-state index in [1.807, 2.05) is 20.8 Å². The highest BCUT2D eigenvalue weighted by molar-refractivity contribution is 14.0. The minimum atomic E-state index is -0.446. The number of nitrogens with zero attached hydrogens (tertiary/aromatic N) is 3. The summed E-state index contributed by atoms with van der Waals surface area (Å²) in [6.07, 6.45) is 1.84. The fourth-order valence-electron chi connectivity index (χ4n) is 3.38. The van der Waals surface area contributed by atoms with E-state index < -0.39 is 5.60 Å². The summed E-state index contributed by atoms with van der Waals surface area (Å²) < 4.78 is 16.5. The Hall–Kier alpha value is -0.850. The topological polar surface area (TPSA) is 87.7 Å². The average molecular weight is 556 g/mol. The Morgan fingerprint density at radius 1 is 1.16 bits per heavy atom. The first-order valence-electron chi connectivity index (χ1n) is 11.2. The Morgan fingerprint density at radius 2 is 1.87 bits per heavy atom. The molecule has 2 fully saturated rings. The molecular formula is C21H42IN5O4. The summed E-state index contributed by atoms with van der Waals surface area (Å²) in [7, 11) is 1.78. The van der Waals surface area contributed by atoms with Gasteiger partial charge in [0, 0.05) is 72.0 Å². The fourth-order valence-corrected chi connectivity index (χ4v) is 3.38. The van der Waals surface area contributed by atoms with Crippen molar-refractivity contribution in [3.8, 4) is 0 Å². The Kier molecular flexibility index (Phi) is 13.7. The maximum Gasteiger partial charge on any atom is 0.410 e. The van der Waals surface area contributed by atoms with E-state index in [4.69, 9.17) is 14.2 Å². The fraction of sp³-hybridized carbons (Fsp3) is 0.905. The van der Waals surface area contributed by atoms with Gasteiger partial charge in [-0.2, -0.15) is 0 Å². The van der Waals surface area contributed by atoms with Gasteiger partial charge in [0.2, 0.25) is 0 Å². The van der Waals surface area contributed by atoms with Gasteiger partial charge in [-0.1, -0.05) is 0 Å². The normalized spacial score (nSPS) is 20.3. The van der Waals surface area contributed by atoms with Crippen LogP contribution in [0.1, 0.15) is 33.6 Å². The predicted octanol–water partition coefficient (Wildman–Crippen LogP) is 1.77. The van der Waals surface area contributed by atoms with Gasteiger partial charge >= 0.3 is 6.09 Å². The Balaban J connectivity index is 0.00000480. The third-order valence-electron chi connectivity index (χ3n) is 5.10. The van der Waals surface area contributed by atoms with Gasteiger partial charge in [-0.3, -0.25) is 9.89 Å². The van der Waals surface area contributed by atoms with Crippen LogP contribution < -0.4 is 10.6 Å². The lowest BCUT2D eigenvalue weighted by atomic mass is 10.1. The molecule has 0 spiro atoms. The molecule has 9 nitrogen and oxygen atoms in total. The van der Waals surface area contributed by atoms with Gasteiger partial charge in [-0.05, 0) is 33.6 Å². The van der Waals surface area contributed by atoms with Crippen LogP contribution in [0.4, 0.5) is 4.79 Å². The SMILES string of the molecule is CN=C(NCCCOCC1CCOC1)NCCN1CCN(C(=O)OC(C)(C)C)CC1.I. The molecule has 1 atom stereocenters. The molecule has 0 aromatic rings. The molecule has 0 saturated carbocycles. The monoisotopic (exact) mass is 555 g/mol. The zero-order valence-electron chi connectivity index (χ0n) is 19.7. The van der Waals surface area contributed by atoms with Crippen LogP contribution in [-0.4, -0.2) is 107 Å². The second-order valence-corrected chi connectivity index (χ2v) is 8.89. The zero-order valence-corrected chi connectivity index (χ0v) is 22.0.